The molecule has 0 rings (SSSR count). The van der Waals surface area contributed by atoms with Gasteiger partial charge in [0, 0.05) is 0 Å². The summed E-state index contributed by atoms with van der Waals surface area (Å²) in [6, 6.07) is 0. The monoisotopic (exact) mass is 178 g/mol. The topological polar surface area (TPSA) is 86.8 Å². The van der Waals surface area contributed by atoms with Gasteiger partial charge in [0.1, 0.15) is 0 Å². The van der Waals surface area contributed by atoms with E-state index in [1.54, 1.807) is 0 Å². The second kappa shape index (κ2) is 2.87. The summed E-state index contributed by atoms with van der Waals surface area (Å²) in [7, 11) is 0. The van der Waals surface area contributed by atoms with E-state index in [1.807, 2.05) is 0 Å². The molecule has 0 atom stereocenters. The van der Waals surface area contributed by atoms with Crippen LogP contribution in [0.5, 0.6) is 0 Å². The average Bonchev–Trinajstić information content (AvgIpc) is 1.49. The van der Waals surface area contributed by atoms with Crippen molar-refractivity contribution in [1.29, 1.82) is 0 Å². The molecule has 0 aliphatic rings. The molecule has 0 fully saturated rings. The lowest BCUT2D eigenvalue weighted by molar-refractivity contribution is -0.716. The van der Waals surface area contributed by atoms with Crippen LogP contribution in [0, 0.1) is 10.1 Å². The Morgan fingerprint density at radius 3 is 1.42 bits per heavy atom. The first kappa shape index (κ1) is 11.1. The predicted octanol–water partition coefficient (Wildman–Crippen LogP) is -0.0631. The zero-order valence-electron chi connectivity index (χ0n) is 7.61. The van der Waals surface area contributed by atoms with Gasteiger partial charge in [0.25, 0.3) is 0 Å². The molecule has 0 saturated carbocycles. The van der Waals surface area contributed by atoms with Crippen LogP contribution in [0.4, 0.5) is 0 Å². The Morgan fingerprint density at radius 1 is 1.17 bits per heavy atom. The van der Waals surface area contributed by atoms with E-state index in [0.717, 1.165) is 0 Å². The minimum Gasteiger partial charge on any atom is -0.367 e. The molecule has 2 N–H and O–H groups in total. The maximum absolute atomic E-state index is 10.4. The fraction of sp³-hybridized carbons (Fsp3) is 1.00. The Morgan fingerprint density at radius 2 is 1.42 bits per heavy atom. The molecule has 12 heavy (non-hydrogen) atoms. The lowest BCUT2D eigenvalue weighted by Gasteiger charge is -2.34. The van der Waals surface area contributed by atoms with Gasteiger partial charge in [0.15, 0.2) is 16.5 Å². The van der Waals surface area contributed by atoms with Crippen LogP contribution in [-0.2, 0) is 0 Å². The highest BCUT2D eigenvalue weighted by Gasteiger charge is 2.43. The molecular weight excluding hydrogens is 164 g/mol. The molecule has 0 unspecified atom stereocenters. The third kappa shape index (κ3) is 2.63. The molecule has 0 aromatic rings. The summed E-state index contributed by atoms with van der Waals surface area (Å²) in [6.07, 6.45) is 0. The molecule has 6 heteroatoms. The highest BCUT2D eigenvalue weighted by atomic mass is 16.7. The first-order chi connectivity index (χ1) is 5.07. The molecule has 0 amide bonds. The minimum absolute atomic E-state index is 0.375. The molecule has 6 nitrogen and oxygen atoms in total. The normalized spacial score (nSPS) is 12.8. The average molecular weight is 178 g/mol. The maximum atomic E-state index is 10.4. The number of rotatable bonds is 3. The highest BCUT2D eigenvalue weighted by Crippen LogP contribution is 2.20. The van der Waals surface area contributed by atoms with Gasteiger partial charge in [-0.15, -0.1) is 0 Å². The Kier molecular flexibility index (Phi) is 2.66. The van der Waals surface area contributed by atoms with E-state index in [2.05, 4.69) is 0 Å². The third-order valence-corrected chi connectivity index (χ3v) is 1.20. The number of aliphatic hydroxyl groups is 2. The lowest BCUT2D eigenvalue weighted by atomic mass is 10.2. The number of nitro groups is 1. The maximum Gasteiger partial charge on any atom is 0.192 e. The van der Waals surface area contributed by atoms with Crippen LogP contribution in [0.15, 0.2) is 0 Å². The first-order valence-electron chi connectivity index (χ1n) is 3.46. The van der Waals surface area contributed by atoms with Gasteiger partial charge in [-0.25, -0.2) is 10.1 Å². The summed E-state index contributed by atoms with van der Waals surface area (Å²) in [5.74, 6) is 0. The van der Waals surface area contributed by atoms with Crippen molar-refractivity contribution in [1.82, 2.24) is 5.01 Å². The number of hydrazine groups is 1. The van der Waals surface area contributed by atoms with Gasteiger partial charge in [0.2, 0.25) is 0 Å². The Hall–Kier alpha value is -0.880. The summed E-state index contributed by atoms with van der Waals surface area (Å²) >= 11 is 0. The Labute approximate surface area is 70.5 Å². The highest BCUT2D eigenvalue weighted by molar-refractivity contribution is 4.70. The minimum atomic E-state index is -1.69. The van der Waals surface area contributed by atoms with Crippen molar-refractivity contribution >= 4 is 0 Å². The third-order valence-electron chi connectivity index (χ3n) is 1.20. The molecule has 0 bridgehead atoms. The van der Waals surface area contributed by atoms with Crippen LogP contribution in [0.2, 0.25) is 0 Å². The van der Waals surface area contributed by atoms with Crippen LogP contribution in [0.25, 0.3) is 0 Å². The van der Waals surface area contributed by atoms with E-state index in [-0.39, 0.29) is 0 Å². The molecule has 0 aromatic heterocycles. The molecule has 0 aliphatic heterocycles. The zero-order chi connectivity index (χ0) is 10.2. The molecule has 0 aromatic carbocycles. The molecule has 0 radical (unpaired) electrons. The largest absolute Gasteiger partial charge is 0.367 e. The van der Waals surface area contributed by atoms with Crippen molar-refractivity contribution in [3.63, 3.8) is 0 Å². The van der Waals surface area contributed by atoms with Crippen LogP contribution >= 0.6 is 0 Å². The van der Waals surface area contributed by atoms with E-state index < -0.39 is 16.5 Å². The van der Waals surface area contributed by atoms with E-state index >= 15 is 0 Å². The van der Waals surface area contributed by atoms with Gasteiger partial charge in [-0.3, -0.25) is 0 Å². The standard InChI is InChI=1S/C6H14N2O4/c1-5(2,9)7(8(11)12)6(3,4)10/h9-10H,1-4H3. The number of hydrogen-bond acceptors (Lipinski definition) is 4. The van der Waals surface area contributed by atoms with Gasteiger partial charge in [0.05, 0.1) is 0 Å². The SMILES string of the molecule is CC(C)(O)N([N+](=O)[O-])C(C)(C)O. The van der Waals surface area contributed by atoms with Crippen molar-refractivity contribution in [3.05, 3.63) is 10.1 Å². The molecule has 0 saturated heterocycles. The molecule has 0 spiro atoms. The molecular formula is C6H14N2O4. The van der Waals surface area contributed by atoms with Gasteiger partial charge >= 0.3 is 0 Å². The lowest BCUT2D eigenvalue weighted by Crippen LogP contribution is -2.58. The van der Waals surface area contributed by atoms with Crippen LogP contribution in [0.1, 0.15) is 27.7 Å². The van der Waals surface area contributed by atoms with E-state index in [1.165, 1.54) is 27.7 Å². The Balaban J connectivity index is 4.82. The fourth-order valence-electron chi connectivity index (χ4n) is 1.07. The van der Waals surface area contributed by atoms with Crippen molar-refractivity contribution in [3.8, 4) is 0 Å². The summed E-state index contributed by atoms with van der Waals surface area (Å²) in [6.45, 7) is 4.92. The van der Waals surface area contributed by atoms with Crippen molar-refractivity contribution < 1.29 is 15.2 Å². The van der Waals surface area contributed by atoms with Crippen molar-refractivity contribution in [2.45, 2.75) is 39.1 Å². The van der Waals surface area contributed by atoms with Gasteiger partial charge in [-0.2, -0.15) is 0 Å². The van der Waals surface area contributed by atoms with Gasteiger partial charge < -0.3 is 10.2 Å². The summed E-state index contributed by atoms with van der Waals surface area (Å²) < 4.78 is 0. The van der Waals surface area contributed by atoms with Crippen LogP contribution in [-0.4, -0.2) is 31.7 Å². The Bertz CT molecular complexity index is 165. The van der Waals surface area contributed by atoms with Crippen LogP contribution < -0.4 is 0 Å². The molecule has 0 heterocycles. The number of nitrogens with zero attached hydrogens (tertiary/aromatic N) is 2. The fourth-order valence-corrected chi connectivity index (χ4v) is 1.07. The van der Waals surface area contributed by atoms with E-state index in [9.17, 15) is 20.3 Å². The zero-order valence-corrected chi connectivity index (χ0v) is 7.61. The molecule has 72 valence electrons. The summed E-state index contributed by atoms with van der Waals surface area (Å²) in [5.41, 5.74) is -3.39. The van der Waals surface area contributed by atoms with E-state index in [0.29, 0.717) is 5.01 Å². The van der Waals surface area contributed by atoms with E-state index in [4.69, 9.17) is 0 Å². The quantitative estimate of drug-likeness (QED) is 0.359. The first-order valence-corrected chi connectivity index (χ1v) is 3.46. The summed E-state index contributed by atoms with van der Waals surface area (Å²) in [5, 5.41) is 28.6. The van der Waals surface area contributed by atoms with Gasteiger partial charge in [-0.1, -0.05) is 5.01 Å². The smallest absolute Gasteiger partial charge is 0.192 e. The second-order valence-electron chi connectivity index (χ2n) is 3.54. The number of hydrogen-bond donors (Lipinski definition) is 2. The summed E-state index contributed by atoms with van der Waals surface area (Å²) in [4.78, 5) is 10.4. The molecule has 0 aliphatic carbocycles. The van der Waals surface area contributed by atoms with Gasteiger partial charge in [-0.05, 0) is 27.7 Å². The predicted molar refractivity (Wildman–Crippen MR) is 41.4 cm³/mol. The van der Waals surface area contributed by atoms with Crippen molar-refractivity contribution in [2.24, 2.45) is 0 Å². The second-order valence-corrected chi connectivity index (χ2v) is 3.54. The van der Waals surface area contributed by atoms with Crippen LogP contribution in [0.3, 0.4) is 0 Å². The van der Waals surface area contributed by atoms with Crippen molar-refractivity contribution in [2.75, 3.05) is 0 Å².